The molecule has 0 aliphatic heterocycles. The van der Waals surface area contributed by atoms with Crippen molar-refractivity contribution < 1.29 is 4.79 Å². The fourth-order valence-electron chi connectivity index (χ4n) is 3.76. The number of carbonyl (C=O) groups is 1. The van der Waals surface area contributed by atoms with Gasteiger partial charge in [-0.15, -0.1) is 0 Å². The van der Waals surface area contributed by atoms with Crippen molar-refractivity contribution in [3.63, 3.8) is 0 Å². The molecule has 0 saturated carbocycles. The fourth-order valence-corrected chi connectivity index (χ4v) is 4.73. The van der Waals surface area contributed by atoms with Crippen LogP contribution in [-0.2, 0) is 18.8 Å². The summed E-state index contributed by atoms with van der Waals surface area (Å²) in [5.41, 5.74) is 6.07. The van der Waals surface area contributed by atoms with Crippen molar-refractivity contribution in [2.45, 2.75) is 24.0 Å². The first-order chi connectivity index (χ1) is 16.8. The Hall–Kier alpha value is -3.90. The van der Waals surface area contributed by atoms with Crippen LogP contribution in [-0.4, -0.2) is 20.4 Å². The molecule has 0 fully saturated rings. The van der Waals surface area contributed by atoms with Gasteiger partial charge in [-0.2, -0.15) is 0 Å². The van der Waals surface area contributed by atoms with E-state index in [1.807, 2.05) is 72.9 Å². The van der Waals surface area contributed by atoms with Crippen molar-refractivity contribution in [1.82, 2.24) is 19.9 Å². The maximum absolute atomic E-state index is 12.5. The molecule has 1 amide bonds. The Labute approximate surface area is 202 Å². The molecule has 0 radical (unpaired) electrons. The average molecular weight is 465 g/mol. The van der Waals surface area contributed by atoms with E-state index in [2.05, 4.69) is 39.1 Å². The van der Waals surface area contributed by atoms with Gasteiger partial charge in [0.05, 0.1) is 23.8 Å². The number of pyridine rings is 1. The third kappa shape index (κ3) is 5.18. The number of fused-ring (bicyclic) bond motifs is 1. The normalized spacial score (nSPS) is 10.9. The lowest BCUT2D eigenvalue weighted by atomic mass is 10.1. The van der Waals surface area contributed by atoms with Crippen LogP contribution in [0.25, 0.3) is 11.0 Å². The number of hydrogen-bond acceptors (Lipinski definition) is 4. The summed E-state index contributed by atoms with van der Waals surface area (Å²) in [7, 11) is 0. The van der Waals surface area contributed by atoms with Crippen LogP contribution in [0.4, 0.5) is 0 Å². The van der Waals surface area contributed by atoms with Crippen molar-refractivity contribution in [2.75, 3.05) is 0 Å². The maximum atomic E-state index is 12.5. The zero-order valence-electron chi connectivity index (χ0n) is 18.6. The standard InChI is InChI=1S/C28H24N4OS/c33-27(30-17-21-7-3-1-4-8-21)24-13-11-23(12-14-24)20-34-28-31-25-15-16-29-18-26(25)32(28)19-22-9-5-2-6-10-22/h1-16,18H,17,19-20H2,(H,30,33). The average Bonchev–Trinajstić information content (AvgIpc) is 3.25. The summed E-state index contributed by atoms with van der Waals surface area (Å²) in [4.78, 5) is 21.6. The second-order valence-corrected chi connectivity index (χ2v) is 8.93. The van der Waals surface area contributed by atoms with Gasteiger partial charge >= 0.3 is 0 Å². The van der Waals surface area contributed by atoms with Gasteiger partial charge < -0.3 is 9.88 Å². The van der Waals surface area contributed by atoms with Crippen molar-refractivity contribution in [1.29, 1.82) is 0 Å². The number of carbonyl (C=O) groups excluding carboxylic acids is 1. The van der Waals surface area contributed by atoms with Gasteiger partial charge in [0.1, 0.15) is 0 Å². The minimum Gasteiger partial charge on any atom is -0.348 e. The molecule has 3 aromatic carbocycles. The Morgan fingerprint density at radius 3 is 2.26 bits per heavy atom. The minimum absolute atomic E-state index is 0.0693. The van der Waals surface area contributed by atoms with Crippen LogP contribution in [0.15, 0.2) is 109 Å². The Morgan fingerprint density at radius 2 is 1.53 bits per heavy atom. The molecule has 2 heterocycles. The van der Waals surface area contributed by atoms with E-state index < -0.39 is 0 Å². The molecule has 0 aliphatic rings. The summed E-state index contributed by atoms with van der Waals surface area (Å²) in [6.45, 7) is 1.26. The van der Waals surface area contributed by atoms with Gasteiger partial charge in [-0.25, -0.2) is 4.98 Å². The van der Waals surface area contributed by atoms with Crippen LogP contribution >= 0.6 is 11.8 Å². The third-order valence-corrected chi connectivity index (χ3v) is 6.63. The first-order valence-corrected chi connectivity index (χ1v) is 12.1. The van der Waals surface area contributed by atoms with Crippen LogP contribution in [0.3, 0.4) is 0 Å². The Balaban J connectivity index is 1.26. The highest BCUT2D eigenvalue weighted by Crippen LogP contribution is 2.27. The molecule has 1 N–H and O–H groups in total. The molecular weight excluding hydrogens is 440 g/mol. The Bertz CT molecular complexity index is 1380. The number of nitrogens with zero attached hydrogens (tertiary/aromatic N) is 3. The molecule has 0 saturated heterocycles. The van der Waals surface area contributed by atoms with Crippen LogP contribution < -0.4 is 5.32 Å². The van der Waals surface area contributed by atoms with Crippen LogP contribution in [0.5, 0.6) is 0 Å². The lowest BCUT2D eigenvalue weighted by Crippen LogP contribution is -2.22. The van der Waals surface area contributed by atoms with E-state index in [0.717, 1.165) is 39.6 Å². The van der Waals surface area contributed by atoms with Crippen molar-refractivity contribution in [3.8, 4) is 0 Å². The number of amides is 1. The molecule has 0 atom stereocenters. The smallest absolute Gasteiger partial charge is 0.251 e. The summed E-state index contributed by atoms with van der Waals surface area (Å²) < 4.78 is 2.22. The van der Waals surface area contributed by atoms with E-state index >= 15 is 0 Å². The molecule has 0 bridgehead atoms. The van der Waals surface area contributed by atoms with Gasteiger partial charge in [0.2, 0.25) is 0 Å². The molecule has 0 spiro atoms. The second kappa shape index (κ2) is 10.4. The summed E-state index contributed by atoms with van der Waals surface area (Å²) in [5, 5.41) is 3.93. The topological polar surface area (TPSA) is 59.8 Å². The SMILES string of the molecule is O=C(NCc1ccccc1)c1ccc(CSc2nc3ccncc3n2Cc2ccccc2)cc1. The number of rotatable bonds is 8. The van der Waals surface area contributed by atoms with Crippen molar-refractivity contribution in [2.24, 2.45) is 0 Å². The molecule has 2 aromatic heterocycles. The van der Waals surface area contributed by atoms with Gasteiger partial charge in [-0.1, -0.05) is 84.6 Å². The van der Waals surface area contributed by atoms with Gasteiger partial charge in [0.15, 0.2) is 5.16 Å². The Morgan fingerprint density at radius 1 is 0.824 bits per heavy atom. The van der Waals surface area contributed by atoms with E-state index in [4.69, 9.17) is 4.98 Å². The molecule has 0 unspecified atom stereocenters. The Kier molecular flexibility index (Phi) is 6.68. The number of benzene rings is 3. The van der Waals surface area contributed by atoms with Crippen molar-refractivity contribution in [3.05, 3.63) is 126 Å². The highest BCUT2D eigenvalue weighted by molar-refractivity contribution is 7.98. The van der Waals surface area contributed by atoms with E-state index in [9.17, 15) is 4.79 Å². The number of aromatic nitrogens is 3. The number of hydrogen-bond donors (Lipinski definition) is 1. The monoisotopic (exact) mass is 464 g/mol. The number of imidazole rings is 1. The van der Waals surface area contributed by atoms with Gasteiger partial charge in [0, 0.05) is 24.1 Å². The quantitative estimate of drug-likeness (QED) is 0.299. The first-order valence-electron chi connectivity index (χ1n) is 11.1. The zero-order valence-corrected chi connectivity index (χ0v) is 19.4. The van der Waals surface area contributed by atoms with Gasteiger partial charge in [0.25, 0.3) is 5.91 Å². The predicted molar refractivity (Wildman–Crippen MR) is 137 cm³/mol. The van der Waals surface area contributed by atoms with E-state index in [1.54, 1.807) is 18.0 Å². The summed E-state index contributed by atoms with van der Waals surface area (Å²) in [6, 6.07) is 30.0. The van der Waals surface area contributed by atoms with E-state index in [0.29, 0.717) is 12.1 Å². The highest BCUT2D eigenvalue weighted by atomic mass is 32.2. The molecule has 34 heavy (non-hydrogen) atoms. The largest absolute Gasteiger partial charge is 0.348 e. The highest BCUT2D eigenvalue weighted by Gasteiger charge is 2.13. The number of nitrogens with one attached hydrogen (secondary N) is 1. The van der Waals surface area contributed by atoms with Crippen LogP contribution in [0, 0.1) is 0 Å². The maximum Gasteiger partial charge on any atom is 0.251 e. The molecule has 5 nitrogen and oxygen atoms in total. The van der Waals surface area contributed by atoms with E-state index in [-0.39, 0.29) is 5.91 Å². The van der Waals surface area contributed by atoms with Crippen molar-refractivity contribution >= 4 is 28.7 Å². The molecule has 6 heteroatoms. The summed E-state index contributed by atoms with van der Waals surface area (Å²) in [5.74, 6) is 0.692. The minimum atomic E-state index is -0.0693. The first kappa shape index (κ1) is 21.9. The number of thioether (sulfide) groups is 1. The van der Waals surface area contributed by atoms with Crippen LogP contribution in [0.2, 0.25) is 0 Å². The molecule has 5 rings (SSSR count). The van der Waals surface area contributed by atoms with Gasteiger partial charge in [-0.05, 0) is 34.9 Å². The molecule has 5 aromatic rings. The summed E-state index contributed by atoms with van der Waals surface area (Å²) in [6.07, 6.45) is 3.65. The second-order valence-electron chi connectivity index (χ2n) is 7.98. The van der Waals surface area contributed by atoms with E-state index in [1.165, 1.54) is 5.56 Å². The zero-order chi connectivity index (χ0) is 23.2. The predicted octanol–water partition coefficient (Wildman–Crippen LogP) is 5.70. The molecule has 168 valence electrons. The third-order valence-electron chi connectivity index (χ3n) is 5.58. The molecule has 0 aliphatic carbocycles. The fraction of sp³-hybridized carbons (Fsp3) is 0.107. The summed E-state index contributed by atoms with van der Waals surface area (Å²) >= 11 is 1.69. The lowest BCUT2D eigenvalue weighted by molar-refractivity contribution is 0.0951. The lowest BCUT2D eigenvalue weighted by Gasteiger charge is -2.09. The molecular formula is C28H24N4OS. The van der Waals surface area contributed by atoms with Gasteiger partial charge in [-0.3, -0.25) is 9.78 Å². The van der Waals surface area contributed by atoms with Crippen LogP contribution in [0.1, 0.15) is 27.0 Å².